The Morgan fingerprint density at radius 2 is 1.80 bits per heavy atom. The van der Waals surface area contributed by atoms with Gasteiger partial charge < -0.3 is 20.3 Å². The first-order chi connectivity index (χ1) is 7.31. The van der Waals surface area contributed by atoms with E-state index in [2.05, 4.69) is 4.98 Å². The molecule has 0 amide bonds. The number of hydrogen-bond acceptors (Lipinski definition) is 3. The van der Waals surface area contributed by atoms with Gasteiger partial charge in [-0.05, 0) is 11.6 Å². The zero-order valence-electron chi connectivity index (χ0n) is 8.20. The van der Waals surface area contributed by atoms with Gasteiger partial charge in [-0.1, -0.05) is 12.1 Å². The Bertz CT molecular complexity index is 476. The van der Waals surface area contributed by atoms with Crippen LogP contribution in [0.15, 0.2) is 18.2 Å². The summed E-state index contributed by atoms with van der Waals surface area (Å²) in [7, 11) is 0. The number of fused-ring (bicyclic) bond motifs is 1. The summed E-state index contributed by atoms with van der Waals surface area (Å²) >= 11 is 0. The fourth-order valence-corrected chi connectivity index (χ4v) is 1.89. The Morgan fingerprint density at radius 3 is 2.40 bits per heavy atom. The first kappa shape index (κ1) is 10.2. The number of aromatic amines is 1. The summed E-state index contributed by atoms with van der Waals surface area (Å²) in [5.74, 6) is 0. The van der Waals surface area contributed by atoms with E-state index in [1.54, 1.807) is 6.07 Å². The van der Waals surface area contributed by atoms with E-state index in [1.807, 2.05) is 12.1 Å². The molecule has 0 aliphatic carbocycles. The number of nitrogens with one attached hydrogen (secondary N) is 1. The fraction of sp³-hybridized carbons (Fsp3) is 0.273. The summed E-state index contributed by atoms with van der Waals surface area (Å²) in [4.78, 5) is 3.02. The van der Waals surface area contributed by atoms with Crippen molar-refractivity contribution in [3.8, 4) is 0 Å². The number of aliphatic hydroxyl groups is 3. The summed E-state index contributed by atoms with van der Waals surface area (Å²) < 4.78 is 0. The highest BCUT2D eigenvalue weighted by atomic mass is 16.3. The number of H-pyrrole nitrogens is 1. The zero-order chi connectivity index (χ0) is 10.8. The van der Waals surface area contributed by atoms with Gasteiger partial charge in [0.1, 0.15) is 0 Å². The lowest BCUT2D eigenvalue weighted by molar-refractivity contribution is 0.258. The lowest BCUT2D eigenvalue weighted by Crippen LogP contribution is -1.92. The van der Waals surface area contributed by atoms with Crippen molar-refractivity contribution in [2.75, 3.05) is 0 Å². The summed E-state index contributed by atoms with van der Waals surface area (Å²) in [5, 5.41) is 28.3. The van der Waals surface area contributed by atoms with Crippen LogP contribution in [0.4, 0.5) is 0 Å². The van der Waals surface area contributed by atoms with Gasteiger partial charge in [0.2, 0.25) is 0 Å². The monoisotopic (exact) mass is 207 g/mol. The predicted molar refractivity (Wildman–Crippen MR) is 56.1 cm³/mol. The lowest BCUT2D eigenvalue weighted by Gasteiger charge is -2.01. The molecule has 0 fully saturated rings. The Kier molecular flexibility index (Phi) is 2.73. The number of aliphatic hydroxyl groups excluding tert-OH is 3. The Balaban J connectivity index is 2.78. The van der Waals surface area contributed by atoms with E-state index in [1.165, 1.54) is 0 Å². The highest BCUT2D eigenvalue weighted by molar-refractivity contribution is 5.87. The molecular formula is C11H13NO3. The van der Waals surface area contributed by atoms with Crippen LogP contribution in [0.1, 0.15) is 16.8 Å². The molecule has 0 saturated heterocycles. The van der Waals surface area contributed by atoms with Crippen molar-refractivity contribution in [2.24, 2.45) is 0 Å². The Morgan fingerprint density at radius 1 is 1.00 bits per heavy atom. The van der Waals surface area contributed by atoms with Gasteiger partial charge in [-0.2, -0.15) is 0 Å². The normalized spacial score (nSPS) is 11.1. The molecule has 2 aromatic rings. The van der Waals surface area contributed by atoms with Crippen LogP contribution in [0.2, 0.25) is 0 Å². The van der Waals surface area contributed by atoms with Gasteiger partial charge in [-0.15, -0.1) is 0 Å². The van der Waals surface area contributed by atoms with Crippen molar-refractivity contribution in [2.45, 2.75) is 19.8 Å². The quantitative estimate of drug-likeness (QED) is 0.596. The van der Waals surface area contributed by atoms with E-state index < -0.39 is 0 Å². The first-order valence-corrected chi connectivity index (χ1v) is 4.75. The summed E-state index contributed by atoms with van der Waals surface area (Å²) in [5.41, 5.74) is 2.85. The SMILES string of the molecule is OCc1[nH]c2cccc(CO)c2c1CO. The van der Waals surface area contributed by atoms with Crippen molar-refractivity contribution in [1.82, 2.24) is 4.98 Å². The van der Waals surface area contributed by atoms with Crippen molar-refractivity contribution < 1.29 is 15.3 Å². The van der Waals surface area contributed by atoms with Gasteiger partial charge >= 0.3 is 0 Å². The highest BCUT2D eigenvalue weighted by Gasteiger charge is 2.12. The first-order valence-electron chi connectivity index (χ1n) is 4.75. The zero-order valence-corrected chi connectivity index (χ0v) is 8.20. The fourth-order valence-electron chi connectivity index (χ4n) is 1.89. The number of aromatic nitrogens is 1. The lowest BCUT2D eigenvalue weighted by atomic mass is 10.1. The van der Waals surface area contributed by atoms with E-state index >= 15 is 0 Å². The van der Waals surface area contributed by atoms with E-state index in [0.717, 1.165) is 16.5 Å². The average molecular weight is 207 g/mol. The summed E-state index contributed by atoms with van der Waals surface area (Å²) in [6.07, 6.45) is 0. The van der Waals surface area contributed by atoms with Gasteiger partial charge in [0.15, 0.2) is 0 Å². The highest BCUT2D eigenvalue weighted by Crippen LogP contribution is 2.26. The Labute approximate surface area is 86.8 Å². The molecule has 0 aliphatic rings. The molecule has 0 unspecified atom stereocenters. The molecule has 0 saturated carbocycles. The van der Waals surface area contributed by atoms with Crippen LogP contribution in [-0.4, -0.2) is 20.3 Å². The van der Waals surface area contributed by atoms with Crippen LogP contribution < -0.4 is 0 Å². The minimum Gasteiger partial charge on any atom is -0.392 e. The van der Waals surface area contributed by atoms with Crippen LogP contribution in [-0.2, 0) is 19.8 Å². The van der Waals surface area contributed by atoms with Gasteiger partial charge in [0.25, 0.3) is 0 Å². The predicted octanol–water partition coefficient (Wildman–Crippen LogP) is 0.645. The number of hydrogen-bond donors (Lipinski definition) is 4. The molecule has 1 heterocycles. The van der Waals surface area contributed by atoms with Crippen LogP contribution in [0.25, 0.3) is 10.9 Å². The molecule has 0 aliphatic heterocycles. The molecule has 1 aromatic heterocycles. The third kappa shape index (κ3) is 1.52. The number of benzene rings is 1. The molecule has 4 nitrogen and oxygen atoms in total. The maximum absolute atomic E-state index is 9.24. The van der Waals surface area contributed by atoms with E-state index in [4.69, 9.17) is 5.11 Å². The van der Waals surface area contributed by atoms with Gasteiger partial charge in [0, 0.05) is 22.2 Å². The summed E-state index contributed by atoms with van der Waals surface area (Å²) in [6.45, 7) is -0.366. The van der Waals surface area contributed by atoms with Crippen LogP contribution in [0, 0.1) is 0 Å². The molecule has 0 atom stereocenters. The topological polar surface area (TPSA) is 76.5 Å². The molecule has 0 radical (unpaired) electrons. The second-order valence-electron chi connectivity index (χ2n) is 3.40. The Hall–Kier alpha value is -1.36. The molecule has 4 heteroatoms. The minimum absolute atomic E-state index is 0.0763. The minimum atomic E-state index is -0.146. The molecule has 0 spiro atoms. The largest absolute Gasteiger partial charge is 0.392 e. The maximum atomic E-state index is 9.24. The average Bonchev–Trinajstić information content (AvgIpc) is 2.66. The standard InChI is InChI=1S/C11H13NO3/c13-4-7-2-1-3-9-11(7)8(5-14)10(6-15)12-9/h1-3,12-15H,4-6H2. The van der Waals surface area contributed by atoms with Gasteiger partial charge in [0.05, 0.1) is 19.8 Å². The third-order valence-corrected chi connectivity index (χ3v) is 2.59. The van der Waals surface area contributed by atoms with Crippen molar-refractivity contribution in [3.05, 3.63) is 35.0 Å². The summed E-state index contributed by atoms with van der Waals surface area (Å²) in [6, 6.07) is 5.48. The van der Waals surface area contributed by atoms with E-state index in [9.17, 15) is 10.2 Å². The van der Waals surface area contributed by atoms with Crippen molar-refractivity contribution in [1.29, 1.82) is 0 Å². The molecule has 4 N–H and O–H groups in total. The van der Waals surface area contributed by atoms with Crippen LogP contribution in [0.3, 0.4) is 0 Å². The second kappa shape index (κ2) is 4.02. The van der Waals surface area contributed by atoms with E-state index in [0.29, 0.717) is 11.3 Å². The second-order valence-corrected chi connectivity index (χ2v) is 3.40. The smallest absolute Gasteiger partial charge is 0.0834 e. The molecule has 0 bridgehead atoms. The molecule has 1 aromatic carbocycles. The maximum Gasteiger partial charge on any atom is 0.0834 e. The van der Waals surface area contributed by atoms with Crippen LogP contribution >= 0.6 is 0 Å². The van der Waals surface area contributed by atoms with Crippen molar-refractivity contribution in [3.63, 3.8) is 0 Å². The molecule has 15 heavy (non-hydrogen) atoms. The van der Waals surface area contributed by atoms with Crippen LogP contribution in [0.5, 0.6) is 0 Å². The molecule has 2 rings (SSSR count). The molecular weight excluding hydrogens is 194 g/mol. The van der Waals surface area contributed by atoms with Crippen molar-refractivity contribution >= 4 is 10.9 Å². The van der Waals surface area contributed by atoms with E-state index in [-0.39, 0.29) is 19.8 Å². The van der Waals surface area contributed by atoms with Gasteiger partial charge in [-0.25, -0.2) is 0 Å². The third-order valence-electron chi connectivity index (χ3n) is 2.59. The molecule has 80 valence electrons. The van der Waals surface area contributed by atoms with Gasteiger partial charge in [-0.3, -0.25) is 0 Å². The number of rotatable bonds is 3.